The number of carbonyl (C=O) groups excluding carboxylic acids is 1. The van der Waals surface area contributed by atoms with Gasteiger partial charge < -0.3 is 4.90 Å². The van der Waals surface area contributed by atoms with E-state index in [0.717, 1.165) is 38.2 Å². The molecular weight excluding hydrogens is 324 g/mol. The molecule has 0 saturated carbocycles. The van der Waals surface area contributed by atoms with Crippen molar-refractivity contribution in [1.29, 1.82) is 0 Å². The second-order valence-corrected chi connectivity index (χ2v) is 8.54. The molecule has 2 saturated heterocycles. The van der Waals surface area contributed by atoms with Crippen LogP contribution in [0.25, 0.3) is 0 Å². The van der Waals surface area contributed by atoms with Gasteiger partial charge in [-0.3, -0.25) is 9.69 Å². The van der Waals surface area contributed by atoms with Crippen LogP contribution in [0.3, 0.4) is 0 Å². The molecule has 126 valence electrons. The van der Waals surface area contributed by atoms with Crippen LogP contribution in [0.1, 0.15) is 12.0 Å². The summed E-state index contributed by atoms with van der Waals surface area (Å²) in [6.07, 6.45) is 1.64. The first kappa shape index (κ1) is 17.2. The molecule has 0 atom stereocenters. The average molecular weight is 351 g/mol. The van der Waals surface area contributed by atoms with Crippen LogP contribution < -0.4 is 0 Å². The lowest BCUT2D eigenvalue weighted by Gasteiger charge is -2.29. The van der Waals surface area contributed by atoms with Crippen molar-refractivity contribution in [3.05, 3.63) is 35.9 Å². The molecule has 1 aromatic rings. The Balaban J connectivity index is 1.52. The Labute approximate surface area is 148 Å². The van der Waals surface area contributed by atoms with Gasteiger partial charge in [0.15, 0.2) is 0 Å². The van der Waals surface area contributed by atoms with Gasteiger partial charge in [0.05, 0.1) is 6.42 Å². The first-order valence-electron chi connectivity index (χ1n) is 8.54. The number of rotatable bonds is 3. The van der Waals surface area contributed by atoms with Crippen molar-refractivity contribution in [2.24, 2.45) is 0 Å². The Kier molecular flexibility index (Phi) is 6.72. The molecule has 2 heterocycles. The van der Waals surface area contributed by atoms with Crippen LogP contribution in [-0.4, -0.2) is 70.9 Å². The van der Waals surface area contributed by atoms with E-state index in [-0.39, 0.29) is 5.91 Å². The highest BCUT2D eigenvalue weighted by atomic mass is 32.2. The van der Waals surface area contributed by atoms with E-state index in [1.807, 2.05) is 30.3 Å². The molecule has 23 heavy (non-hydrogen) atoms. The predicted octanol–water partition coefficient (Wildman–Crippen LogP) is 2.61. The van der Waals surface area contributed by atoms with Crippen molar-refractivity contribution in [3.63, 3.8) is 0 Å². The second-order valence-electron chi connectivity index (χ2n) is 6.24. The summed E-state index contributed by atoms with van der Waals surface area (Å²) in [5, 5.41) is 0. The zero-order valence-electron chi connectivity index (χ0n) is 13.7. The van der Waals surface area contributed by atoms with Crippen molar-refractivity contribution in [2.45, 2.75) is 18.9 Å². The molecule has 0 radical (unpaired) electrons. The fourth-order valence-corrected chi connectivity index (χ4v) is 5.88. The van der Waals surface area contributed by atoms with Crippen LogP contribution in [-0.2, 0) is 11.2 Å². The van der Waals surface area contributed by atoms with Gasteiger partial charge >= 0.3 is 0 Å². The molecule has 1 amide bonds. The number of hydrogen-bond donors (Lipinski definition) is 0. The third-order valence-corrected chi connectivity index (χ3v) is 7.08. The minimum Gasteiger partial charge on any atom is -0.341 e. The van der Waals surface area contributed by atoms with Gasteiger partial charge in [0.25, 0.3) is 0 Å². The van der Waals surface area contributed by atoms with Gasteiger partial charge in [-0.1, -0.05) is 30.3 Å². The number of hydrogen-bond acceptors (Lipinski definition) is 4. The SMILES string of the molecule is O=C(Cc1ccccc1)N1CCCN(C2CSCCSC2)CC1. The quantitative estimate of drug-likeness (QED) is 0.836. The van der Waals surface area contributed by atoms with Gasteiger partial charge in [0.2, 0.25) is 5.91 Å². The minimum absolute atomic E-state index is 0.280. The second kappa shape index (κ2) is 9.00. The monoisotopic (exact) mass is 350 g/mol. The summed E-state index contributed by atoms with van der Waals surface area (Å²) in [6.45, 7) is 3.97. The molecule has 1 aromatic carbocycles. The van der Waals surface area contributed by atoms with Gasteiger partial charge in [-0.05, 0) is 12.0 Å². The van der Waals surface area contributed by atoms with Crippen molar-refractivity contribution < 1.29 is 4.79 Å². The number of thioether (sulfide) groups is 2. The number of amides is 1. The van der Waals surface area contributed by atoms with E-state index in [9.17, 15) is 4.79 Å². The van der Waals surface area contributed by atoms with Gasteiger partial charge in [-0.2, -0.15) is 23.5 Å². The zero-order valence-corrected chi connectivity index (χ0v) is 15.3. The van der Waals surface area contributed by atoms with Crippen LogP contribution in [0.4, 0.5) is 0 Å². The van der Waals surface area contributed by atoms with Crippen molar-refractivity contribution in [1.82, 2.24) is 9.80 Å². The largest absolute Gasteiger partial charge is 0.341 e. The summed E-state index contributed by atoms with van der Waals surface area (Å²) in [4.78, 5) is 17.3. The van der Waals surface area contributed by atoms with Gasteiger partial charge in [-0.15, -0.1) is 0 Å². The summed E-state index contributed by atoms with van der Waals surface area (Å²) >= 11 is 4.18. The predicted molar refractivity (Wildman–Crippen MR) is 101 cm³/mol. The molecule has 0 spiro atoms. The fourth-order valence-electron chi connectivity index (χ4n) is 3.25. The summed E-state index contributed by atoms with van der Waals surface area (Å²) in [5.74, 6) is 5.37. The first-order chi connectivity index (χ1) is 11.3. The van der Waals surface area contributed by atoms with E-state index < -0.39 is 0 Å². The maximum atomic E-state index is 12.6. The first-order valence-corrected chi connectivity index (χ1v) is 10.8. The molecule has 2 aliphatic heterocycles. The zero-order chi connectivity index (χ0) is 15.9. The van der Waals surface area contributed by atoms with Gasteiger partial charge in [0, 0.05) is 55.2 Å². The van der Waals surface area contributed by atoms with Crippen molar-refractivity contribution in [3.8, 4) is 0 Å². The maximum absolute atomic E-state index is 12.6. The highest BCUT2D eigenvalue weighted by molar-refractivity contribution is 8.03. The van der Waals surface area contributed by atoms with Crippen molar-refractivity contribution >= 4 is 29.4 Å². The topological polar surface area (TPSA) is 23.6 Å². The van der Waals surface area contributed by atoms with E-state index >= 15 is 0 Å². The minimum atomic E-state index is 0.280. The maximum Gasteiger partial charge on any atom is 0.227 e. The van der Waals surface area contributed by atoms with Gasteiger partial charge in [-0.25, -0.2) is 0 Å². The Morgan fingerprint density at radius 1 is 1.00 bits per heavy atom. The summed E-state index contributed by atoms with van der Waals surface area (Å²) < 4.78 is 0. The summed E-state index contributed by atoms with van der Waals surface area (Å²) in [7, 11) is 0. The van der Waals surface area contributed by atoms with Crippen molar-refractivity contribution in [2.75, 3.05) is 49.2 Å². The van der Waals surface area contributed by atoms with Crippen LogP contribution in [0.15, 0.2) is 30.3 Å². The highest BCUT2D eigenvalue weighted by Gasteiger charge is 2.25. The third kappa shape index (κ3) is 5.16. The third-order valence-electron chi connectivity index (χ3n) is 4.59. The summed E-state index contributed by atoms with van der Waals surface area (Å²) in [5.41, 5.74) is 1.12. The Morgan fingerprint density at radius 2 is 1.74 bits per heavy atom. The molecule has 0 N–H and O–H groups in total. The highest BCUT2D eigenvalue weighted by Crippen LogP contribution is 2.21. The average Bonchev–Trinajstić information content (AvgIpc) is 2.98. The lowest BCUT2D eigenvalue weighted by molar-refractivity contribution is -0.130. The van der Waals surface area contributed by atoms with E-state index in [0.29, 0.717) is 12.5 Å². The lowest BCUT2D eigenvalue weighted by atomic mass is 10.1. The molecule has 0 aliphatic carbocycles. The number of benzene rings is 1. The normalized spacial score (nSPS) is 21.7. The molecular formula is C18H26N2OS2. The molecule has 0 aromatic heterocycles. The van der Waals surface area contributed by atoms with E-state index in [4.69, 9.17) is 0 Å². The lowest BCUT2D eigenvalue weighted by Crippen LogP contribution is -2.42. The smallest absolute Gasteiger partial charge is 0.227 e. The number of carbonyl (C=O) groups is 1. The molecule has 2 fully saturated rings. The molecule has 0 unspecified atom stereocenters. The standard InChI is InChI=1S/C18H26N2OS2/c21-18(13-16-5-2-1-3-6-16)20-8-4-7-19(9-10-20)17-14-22-11-12-23-15-17/h1-3,5-6,17H,4,7-15H2. The van der Waals surface area contributed by atoms with Gasteiger partial charge in [0.1, 0.15) is 0 Å². The fraction of sp³-hybridized carbons (Fsp3) is 0.611. The number of nitrogens with zero attached hydrogens (tertiary/aromatic N) is 2. The Hall–Kier alpha value is -0.650. The van der Waals surface area contributed by atoms with E-state index in [1.54, 1.807) is 0 Å². The Bertz CT molecular complexity index is 489. The van der Waals surface area contributed by atoms with Crippen LogP contribution in [0.5, 0.6) is 0 Å². The van der Waals surface area contributed by atoms with Crippen LogP contribution >= 0.6 is 23.5 Å². The molecule has 5 heteroatoms. The molecule has 3 rings (SSSR count). The molecule has 0 bridgehead atoms. The van der Waals surface area contributed by atoms with Crippen LogP contribution in [0, 0.1) is 0 Å². The molecule has 3 nitrogen and oxygen atoms in total. The molecule has 2 aliphatic rings. The summed E-state index contributed by atoms with van der Waals surface area (Å²) in [6, 6.07) is 10.8. The van der Waals surface area contributed by atoms with E-state index in [2.05, 4.69) is 33.3 Å². The van der Waals surface area contributed by atoms with E-state index in [1.165, 1.54) is 23.0 Å². The Morgan fingerprint density at radius 3 is 2.48 bits per heavy atom. The van der Waals surface area contributed by atoms with Crippen LogP contribution in [0.2, 0.25) is 0 Å².